The topological polar surface area (TPSA) is 38.8 Å². The third-order valence-electron chi connectivity index (χ3n) is 4.30. The van der Waals surface area contributed by atoms with Gasteiger partial charge in [0.1, 0.15) is 12.4 Å². The Hall–Kier alpha value is -1.81. The van der Waals surface area contributed by atoms with Crippen LogP contribution in [0.4, 0.5) is 0 Å². The van der Waals surface area contributed by atoms with Crippen molar-refractivity contribution in [3.05, 3.63) is 42.0 Å². The number of para-hydroxylation sites is 1. The first-order valence-corrected chi connectivity index (χ1v) is 8.65. The minimum atomic E-state index is -0.188. The quantitative estimate of drug-likeness (QED) is 0.738. The zero-order chi connectivity index (χ0) is 17.7. The Labute approximate surface area is 145 Å². The van der Waals surface area contributed by atoms with Crippen LogP contribution >= 0.6 is 0 Å². The van der Waals surface area contributed by atoms with Crippen LogP contribution in [0.1, 0.15) is 50.9 Å². The van der Waals surface area contributed by atoms with Crippen molar-refractivity contribution in [1.82, 2.24) is 4.90 Å². The lowest BCUT2D eigenvalue weighted by atomic mass is 9.92. The number of hydrogen-bond donors (Lipinski definition) is 0. The molecule has 2 rings (SSSR count). The summed E-state index contributed by atoms with van der Waals surface area (Å²) in [6.45, 7) is 13.7. The van der Waals surface area contributed by atoms with Crippen LogP contribution in [0.2, 0.25) is 0 Å². The van der Waals surface area contributed by atoms with Crippen LogP contribution in [0.25, 0.3) is 0 Å². The molecule has 4 nitrogen and oxygen atoms in total. The number of ether oxygens (including phenoxy) is 2. The summed E-state index contributed by atoms with van der Waals surface area (Å²) < 4.78 is 11.6. The standard InChI is InChI=1S/C20H29NO3/c1-6-21(16-11-12-24-20(4,5)13-16)19(22)17-9-7-8-10-18(17)23-14-15(2)3/h7-10,16H,2,6,11-14H2,1,3-5H3/t16-/m0/s1. The van der Waals surface area contributed by atoms with Gasteiger partial charge in [-0.3, -0.25) is 4.79 Å². The molecule has 1 fully saturated rings. The van der Waals surface area contributed by atoms with Crippen LogP contribution in [0.5, 0.6) is 5.75 Å². The van der Waals surface area contributed by atoms with Gasteiger partial charge >= 0.3 is 0 Å². The molecule has 1 aromatic carbocycles. The monoisotopic (exact) mass is 331 g/mol. The zero-order valence-electron chi connectivity index (χ0n) is 15.3. The molecule has 0 spiro atoms. The van der Waals surface area contributed by atoms with Crippen LogP contribution in [0.15, 0.2) is 36.4 Å². The molecule has 0 bridgehead atoms. The second-order valence-electron chi connectivity index (χ2n) is 7.09. The van der Waals surface area contributed by atoms with E-state index in [1.807, 2.05) is 43.0 Å². The van der Waals surface area contributed by atoms with Gasteiger partial charge in [-0.15, -0.1) is 0 Å². The first kappa shape index (κ1) is 18.5. The highest BCUT2D eigenvalue weighted by atomic mass is 16.5. The van der Waals surface area contributed by atoms with Crippen molar-refractivity contribution in [3.8, 4) is 5.75 Å². The number of rotatable bonds is 6. The van der Waals surface area contributed by atoms with E-state index in [-0.39, 0.29) is 17.6 Å². The Morgan fingerprint density at radius 2 is 2.12 bits per heavy atom. The van der Waals surface area contributed by atoms with Gasteiger partial charge < -0.3 is 14.4 Å². The summed E-state index contributed by atoms with van der Waals surface area (Å²) >= 11 is 0. The maximum Gasteiger partial charge on any atom is 0.257 e. The van der Waals surface area contributed by atoms with E-state index in [1.54, 1.807) is 0 Å². The van der Waals surface area contributed by atoms with Crippen molar-refractivity contribution in [3.63, 3.8) is 0 Å². The van der Waals surface area contributed by atoms with Gasteiger partial charge in [0.25, 0.3) is 5.91 Å². The number of amides is 1. The molecule has 1 aliphatic heterocycles. The molecule has 1 aliphatic rings. The molecule has 24 heavy (non-hydrogen) atoms. The van der Waals surface area contributed by atoms with Crippen molar-refractivity contribution in [2.45, 2.75) is 52.2 Å². The van der Waals surface area contributed by atoms with Gasteiger partial charge in [0.05, 0.1) is 11.2 Å². The minimum absolute atomic E-state index is 0.0255. The fourth-order valence-corrected chi connectivity index (χ4v) is 3.16. The molecule has 1 amide bonds. The molecule has 0 N–H and O–H groups in total. The number of hydrogen-bond acceptors (Lipinski definition) is 3. The van der Waals surface area contributed by atoms with Gasteiger partial charge in [-0.25, -0.2) is 0 Å². The van der Waals surface area contributed by atoms with Crippen LogP contribution in [0, 0.1) is 0 Å². The van der Waals surface area contributed by atoms with E-state index in [1.165, 1.54) is 0 Å². The van der Waals surface area contributed by atoms with E-state index in [0.717, 1.165) is 18.4 Å². The average molecular weight is 331 g/mol. The molecule has 1 aromatic rings. The lowest BCUT2D eigenvalue weighted by Crippen LogP contribution is -2.48. The van der Waals surface area contributed by atoms with Crippen LogP contribution in [-0.2, 0) is 4.74 Å². The lowest BCUT2D eigenvalue weighted by Gasteiger charge is -2.41. The number of carbonyl (C=O) groups is 1. The van der Waals surface area contributed by atoms with E-state index in [0.29, 0.717) is 31.1 Å². The fraction of sp³-hybridized carbons (Fsp3) is 0.550. The molecule has 132 valence electrons. The maximum absolute atomic E-state index is 13.1. The molecule has 0 saturated carbocycles. The summed E-state index contributed by atoms with van der Waals surface area (Å²) in [5.41, 5.74) is 1.35. The second kappa shape index (κ2) is 7.84. The predicted molar refractivity (Wildman–Crippen MR) is 96.5 cm³/mol. The maximum atomic E-state index is 13.1. The number of benzene rings is 1. The summed E-state index contributed by atoms with van der Waals surface area (Å²) in [6.07, 6.45) is 1.72. The van der Waals surface area contributed by atoms with Crippen LogP contribution < -0.4 is 4.74 Å². The average Bonchev–Trinajstić information content (AvgIpc) is 2.53. The smallest absolute Gasteiger partial charge is 0.257 e. The molecule has 1 atom stereocenters. The summed E-state index contributed by atoms with van der Waals surface area (Å²) in [4.78, 5) is 15.1. The molecule has 1 saturated heterocycles. The Kier molecular flexibility index (Phi) is 6.05. The molecule has 0 aromatic heterocycles. The lowest BCUT2D eigenvalue weighted by molar-refractivity contribution is -0.0777. The van der Waals surface area contributed by atoms with Crippen LogP contribution in [0.3, 0.4) is 0 Å². The zero-order valence-corrected chi connectivity index (χ0v) is 15.3. The van der Waals surface area contributed by atoms with Gasteiger partial charge in [0.15, 0.2) is 0 Å². The Balaban J connectivity index is 2.21. The molecular weight excluding hydrogens is 302 g/mol. The molecule has 0 unspecified atom stereocenters. The van der Waals surface area contributed by atoms with Gasteiger partial charge in [0.2, 0.25) is 0 Å². The molecule has 0 aliphatic carbocycles. The van der Waals surface area contributed by atoms with Crippen molar-refractivity contribution < 1.29 is 14.3 Å². The summed E-state index contributed by atoms with van der Waals surface area (Å²) in [6, 6.07) is 7.64. The molecule has 1 heterocycles. The minimum Gasteiger partial charge on any atom is -0.488 e. The fourth-order valence-electron chi connectivity index (χ4n) is 3.16. The highest BCUT2D eigenvalue weighted by molar-refractivity contribution is 5.97. The van der Waals surface area contributed by atoms with Crippen LogP contribution in [-0.4, -0.2) is 42.2 Å². The van der Waals surface area contributed by atoms with E-state index in [4.69, 9.17) is 9.47 Å². The first-order valence-electron chi connectivity index (χ1n) is 8.65. The Morgan fingerprint density at radius 3 is 2.75 bits per heavy atom. The van der Waals surface area contributed by atoms with Gasteiger partial charge in [-0.05, 0) is 58.2 Å². The SMILES string of the molecule is C=C(C)COc1ccccc1C(=O)N(CC)[C@H]1CCOC(C)(C)C1. The Morgan fingerprint density at radius 1 is 1.42 bits per heavy atom. The highest BCUT2D eigenvalue weighted by Crippen LogP contribution is 2.29. The van der Waals surface area contributed by atoms with Crippen molar-refractivity contribution in [2.24, 2.45) is 0 Å². The third-order valence-corrected chi connectivity index (χ3v) is 4.30. The first-order chi connectivity index (χ1) is 11.3. The molecular formula is C20H29NO3. The van der Waals surface area contributed by atoms with E-state index in [2.05, 4.69) is 20.4 Å². The van der Waals surface area contributed by atoms with E-state index < -0.39 is 0 Å². The summed E-state index contributed by atoms with van der Waals surface area (Å²) in [5, 5.41) is 0. The third kappa shape index (κ3) is 4.60. The summed E-state index contributed by atoms with van der Waals surface area (Å²) in [7, 11) is 0. The van der Waals surface area contributed by atoms with E-state index in [9.17, 15) is 4.79 Å². The van der Waals surface area contributed by atoms with Crippen molar-refractivity contribution in [2.75, 3.05) is 19.8 Å². The molecule has 4 heteroatoms. The van der Waals surface area contributed by atoms with Gasteiger partial charge in [-0.2, -0.15) is 0 Å². The van der Waals surface area contributed by atoms with Gasteiger partial charge in [0, 0.05) is 19.2 Å². The Bertz CT molecular complexity index is 594. The second-order valence-corrected chi connectivity index (χ2v) is 7.09. The predicted octanol–water partition coefficient (Wildman–Crippen LogP) is 4.06. The van der Waals surface area contributed by atoms with Crippen molar-refractivity contribution >= 4 is 5.91 Å². The number of nitrogens with zero attached hydrogens (tertiary/aromatic N) is 1. The highest BCUT2D eigenvalue weighted by Gasteiger charge is 2.34. The van der Waals surface area contributed by atoms with Gasteiger partial charge in [-0.1, -0.05) is 18.7 Å². The largest absolute Gasteiger partial charge is 0.488 e. The normalized spacial score (nSPS) is 19.6. The van der Waals surface area contributed by atoms with E-state index >= 15 is 0 Å². The number of carbonyl (C=O) groups excluding carboxylic acids is 1. The molecule has 0 radical (unpaired) electrons. The van der Waals surface area contributed by atoms with Crippen molar-refractivity contribution in [1.29, 1.82) is 0 Å². The summed E-state index contributed by atoms with van der Waals surface area (Å²) in [5.74, 6) is 0.646.